The Hall–Kier alpha value is -2.05. The topological polar surface area (TPSA) is 98.9 Å². The highest BCUT2D eigenvalue weighted by Crippen LogP contribution is 2.44. The smallest absolute Gasteiger partial charge is 0.197 e. The van der Waals surface area contributed by atoms with Crippen molar-refractivity contribution in [2.45, 2.75) is 43.0 Å². The molecule has 29 heavy (non-hydrogen) atoms. The van der Waals surface area contributed by atoms with Gasteiger partial charge < -0.3 is 24.4 Å². The molecule has 5 atom stereocenters. The molecule has 2 saturated heterocycles. The van der Waals surface area contributed by atoms with E-state index in [4.69, 9.17) is 14.2 Å². The molecular weight excluding hydrogens is 395 g/mol. The number of aromatic nitrogens is 3. The molecule has 0 radical (unpaired) electrons. The first-order chi connectivity index (χ1) is 13.9. The van der Waals surface area contributed by atoms with Gasteiger partial charge in [0, 0.05) is 19.1 Å². The molecule has 0 amide bonds. The van der Waals surface area contributed by atoms with Gasteiger partial charge >= 0.3 is 0 Å². The number of aliphatic hydroxyl groups is 2. The highest BCUT2D eigenvalue weighted by molar-refractivity contribution is 5.57. The number of methoxy groups -OCH3 is 1. The molecule has 8 nitrogen and oxygen atoms in total. The Morgan fingerprint density at radius 1 is 1.31 bits per heavy atom. The lowest BCUT2D eigenvalue weighted by atomic mass is 9.88. The molecule has 1 aromatic heterocycles. The zero-order valence-electron chi connectivity index (χ0n) is 15.5. The molecule has 0 aliphatic carbocycles. The van der Waals surface area contributed by atoms with Crippen LogP contribution >= 0.6 is 0 Å². The van der Waals surface area contributed by atoms with E-state index in [0.717, 1.165) is 12.1 Å². The maximum absolute atomic E-state index is 13.6. The van der Waals surface area contributed by atoms with Crippen molar-refractivity contribution in [3.63, 3.8) is 0 Å². The molecule has 2 aromatic rings. The van der Waals surface area contributed by atoms with E-state index in [1.165, 1.54) is 18.0 Å². The Kier molecular flexibility index (Phi) is 5.34. The molecule has 4 rings (SSSR count). The van der Waals surface area contributed by atoms with Crippen LogP contribution in [0.25, 0.3) is 11.3 Å². The van der Waals surface area contributed by atoms with Gasteiger partial charge in [0.15, 0.2) is 23.2 Å². The van der Waals surface area contributed by atoms with Gasteiger partial charge in [-0.25, -0.2) is 17.9 Å². The maximum Gasteiger partial charge on any atom is 0.197 e. The summed E-state index contributed by atoms with van der Waals surface area (Å²) >= 11 is 0. The van der Waals surface area contributed by atoms with Crippen LogP contribution in [0.5, 0.6) is 0 Å². The van der Waals surface area contributed by atoms with E-state index in [9.17, 15) is 23.4 Å². The summed E-state index contributed by atoms with van der Waals surface area (Å²) in [7, 11) is 1.43. The Balaban J connectivity index is 1.72. The van der Waals surface area contributed by atoms with E-state index in [-0.39, 0.29) is 11.3 Å². The van der Waals surface area contributed by atoms with Crippen LogP contribution in [0, 0.1) is 17.5 Å². The van der Waals surface area contributed by atoms with E-state index in [1.807, 2.05) is 0 Å². The minimum atomic E-state index is -1.58. The zero-order valence-corrected chi connectivity index (χ0v) is 15.5. The molecule has 0 unspecified atom stereocenters. The van der Waals surface area contributed by atoms with E-state index < -0.39 is 54.2 Å². The summed E-state index contributed by atoms with van der Waals surface area (Å²) in [6, 6.07) is 0.749. The summed E-state index contributed by atoms with van der Waals surface area (Å²) in [6.45, 7) is -0.0350. The van der Waals surface area contributed by atoms with Crippen molar-refractivity contribution < 1.29 is 37.6 Å². The average molecular weight is 415 g/mol. The van der Waals surface area contributed by atoms with Crippen molar-refractivity contribution in [3.8, 4) is 11.3 Å². The fourth-order valence-electron chi connectivity index (χ4n) is 4.02. The largest absolute Gasteiger partial charge is 0.394 e. The van der Waals surface area contributed by atoms with E-state index in [2.05, 4.69) is 10.3 Å². The predicted molar refractivity (Wildman–Crippen MR) is 91.0 cm³/mol. The van der Waals surface area contributed by atoms with E-state index >= 15 is 0 Å². The first-order valence-electron chi connectivity index (χ1n) is 9.10. The predicted octanol–water partition coefficient (Wildman–Crippen LogP) is 1.18. The molecule has 2 aliphatic rings. The van der Waals surface area contributed by atoms with Crippen LogP contribution in [-0.2, 0) is 14.2 Å². The molecule has 11 heteroatoms. The van der Waals surface area contributed by atoms with Crippen LogP contribution in [0.15, 0.2) is 18.3 Å². The van der Waals surface area contributed by atoms with Crippen LogP contribution in [0.4, 0.5) is 13.2 Å². The van der Waals surface area contributed by atoms with Crippen LogP contribution in [0.2, 0.25) is 0 Å². The quantitative estimate of drug-likeness (QED) is 0.724. The van der Waals surface area contributed by atoms with Gasteiger partial charge in [-0.1, -0.05) is 5.21 Å². The van der Waals surface area contributed by atoms with E-state index in [1.54, 1.807) is 0 Å². The molecule has 158 valence electrons. The summed E-state index contributed by atoms with van der Waals surface area (Å²) < 4.78 is 58.9. The number of halogens is 3. The molecule has 0 saturated carbocycles. The second-order valence-corrected chi connectivity index (χ2v) is 7.08. The van der Waals surface area contributed by atoms with Gasteiger partial charge in [-0.05, 0) is 18.6 Å². The molecule has 0 bridgehead atoms. The number of hydrogen-bond acceptors (Lipinski definition) is 7. The second-order valence-electron chi connectivity index (χ2n) is 7.08. The van der Waals surface area contributed by atoms with Crippen molar-refractivity contribution in [2.24, 2.45) is 0 Å². The molecular formula is C18H20F3N3O5. The Morgan fingerprint density at radius 2 is 2.03 bits per heavy atom. The third-order valence-corrected chi connectivity index (χ3v) is 5.37. The summed E-state index contributed by atoms with van der Waals surface area (Å²) in [6.07, 6.45) is -0.430. The van der Waals surface area contributed by atoms with Crippen molar-refractivity contribution in [3.05, 3.63) is 35.8 Å². The van der Waals surface area contributed by atoms with Gasteiger partial charge in [-0.15, -0.1) is 5.10 Å². The van der Waals surface area contributed by atoms with Crippen molar-refractivity contribution in [1.82, 2.24) is 15.0 Å². The van der Waals surface area contributed by atoms with Gasteiger partial charge in [0.1, 0.15) is 30.0 Å². The lowest BCUT2D eigenvalue weighted by Crippen LogP contribution is -2.63. The number of nitrogens with zero attached hydrogens (tertiary/aromatic N) is 3. The molecule has 2 fully saturated rings. The standard InChI is InChI=1S/C18H20F3N3O5/c1-27-17-15(16(26)13(8-25)29-18(17)3-2-4-28-18)24-7-12(22-23-24)9-5-10(19)14(21)11(20)6-9/h5-7,13,15-17,25-26H,2-4,8H2,1H3/t13-,15+,16+,17-,18+/m1/s1. The fourth-order valence-corrected chi connectivity index (χ4v) is 4.02. The van der Waals surface area contributed by atoms with Crippen molar-refractivity contribution in [2.75, 3.05) is 20.3 Å². The second kappa shape index (κ2) is 7.65. The van der Waals surface area contributed by atoms with Crippen molar-refractivity contribution >= 4 is 0 Å². The lowest BCUT2D eigenvalue weighted by Gasteiger charge is -2.48. The lowest BCUT2D eigenvalue weighted by molar-refractivity contribution is -0.343. The fraction of sp³-hybridized carbons (Fsp3) is 0.556. The summed E-state index contributed by atoms with van der Waals surface area (Å²) in [5.74, 6) is -5.46. The third-order valence-electron chi connectivity index (χ3n) is 5.37. The van der Waals surface area contributed by atoms with Gasteiger partial charge in [-0.3, -0.25) is 0 Å². The SMILES string of the molecule is CO[C@@H]1[C@@H](n2cc(-c3cc(F)c(F)c(F)c3)nn2)[C@@H](O)[C@@H](CO)O[C@@]12CCCO2. The normalized spacial score (nSPS) is 32.2. The number of aliphatic hydroxyl groups excluding tert-OH is 2. The molecule has 1 aromatic carbocycles. The molecule has 1 spiro atoms. The zero-order chi connectivity index (χ0) is 20.8. The first kappa shape index (κ1) is 20.2. The summed E-state index contributed by atoms with van der Waals surface area (Å²) in [5.41, 5.74) is 0.0481. The van der Waals surface area contributed by atoms with Gasteiger partial charge in [0.05, 0.1) is 19.4 Å². The first-order valence-corrected chi connectivity index (χ1v) is 9.10. The minimum absolute atomic E-state index is 0.0197. The van der Waals surface area contributed by atoms with Crippen molar-refractivity contribution in [1.29, 1.82) is 0 Å². The molecule has 2 aliphatic heterocycles. The van der Waals surface area contributed by atoms with E-state index in [0.29, 0.717) is 19.4 Å². The summed E-state index contributed by atoms with van der Waals surface area (Å²) in [5, 5.41) is 28.3. The Labute approximate surface area is 163 Å². The van der Waals surface area contributed by atoms with Gasteiger partial charge in [-0.2, -0.15) is 0 Å². The average Bonchev–Trinajstić information content (AvgIpc) is 3.37. The highest BCUT2D eigenvalue weighted by atomic mass is 19.2. The van der Waals surface area contributed by atoms with Gasteiger partial charge in [0.2, 0.25) is 0 Å². The number of rotatable bonds is 4. The van der Waals surface area contributed by atoms with Gasteiger partial charge in [0.25, 0.3) is 0 Å². The minimum Gasteiger partial charge on any atom is -0.394 e. The Morgan fingerprint density at radius 3 is 2.62 bits per heavy atom. The monoisotopic (exact) mass is 415 g/mol. The molecule has 2 N–H and O–H groups in total. The number of hydrogen-bond donors (Lipinski definition) is 2. The third kappa shape index (κ3) is 3.32. The summed E-state index contributed by atoms with van der Waals surface area (Å²) in [4.78, 5) is 0. The van der Waals surface area contributed by atoms with Crippen LogP contribution < -0.4 is 0 Å². The molecule has 3 heterocycles. The number of ether oxygens (including phenoxy) is 3. The number of benzene rings is 1. The maximum atomic E-state index is 13.6. The van der Waals surface area contributed by atoms with Crippen LogP contribution in [-0.4, -0.2) is 69.6 Å². The van der Waals surface area contributed by atoms with Crippen LogP contribution in [0.1, 0.15) is 18.9 Å². The Bertz CT molecular complexity index is 866. The highest BCUT2D eigenvalue weighted by Gasteiger charge is 2.58. The van der Waals surface area contributed by atoms with Crippen LogP contribution in [0.3, 0.4) is 0 Å².